The van der Waals surface area contributed by atoms with Crippen LogP contribution in [0.4, 0.5) is 0 Å². The van der Waals surface area contributed by atoms with Crippen LogP contribution >= 0.6 is 23.2 Å². The van der Waals surface area contributed by atoms with Crippen molar-refractivity contribution in [1.82, 2.24) is 0 Å². The second-order valence-electron chi connectivity index (χ2n) is 5.00. The van der Waals surface area contributed by atoms with Gasteiger partial charge >= 0.3 is 11.9 Å². The summed E-state index contributed by atoms with van der Waals surface area (Å²) in [7, 11) is 1.49. The van der Waals surface area contributed by atoms with Gasteiger partial charge in [0.25, 0.3) is 0 Å². The van der Waals surface area contributed by atoms with Crippen LogP contribution in [-0.4, -0.2) is 19.0 Å². The maximum absolute atomic E-state index is 11.9. The predicted octanol–water partition coefficient (Wildman–Crippen LogP) is 4.68. The van der Waals surface area contributed by atoms with Gasteiger partial charge in [-0.25, -0.2) is 0 Å². The average Bonchev–Trinajstić information content (AvgIpc) is 2.59. The van der Waals surface area contributed by atoms with E-state index in [4.69, 9.17) is 37.4 Å². The van der Waals surface area contributed by atoms with E-state index in [0.29, 0.717) is 16.5 Å². The van der Waals surface area contributed by atoms with Crippen LogP contribution in [-0.2, 0) is 9.59 Å². The lowest BCUT2D eigenvalue weighted by atomic mass is 10.2. The fraction of sp³-hybridized carbons (Fsp3) is 0.222. The Labute approximate surface area is 155 Å². The summed E-state index contributed by atoms with van der Waals surface area (Å²) < 4.78 is 15.5. The van der Waals surface area contributed by atoms with Crippen LogP contribution in [0.1, 0.15) is 19.3 Å². The molecule has 0 saturated heterocycles. The lowest BCUT2D eigenvalue weighted by molar-refractivity contribution is -0.136. The molecule has 2 rings (SSSR count). The molecule has 0 aromatic heterocycles. The van der Waals surface area contributed by atoms with Crippen molar-refractivity contribution in [3.63, 3.8) is 0 Å². The highest BCUT2D eigenvalue weighted by Crippen LogP contribution is 2.31. The summed E-state index contributed by atoms with van der Waals surface area (Å²) in [6.07, 6.45) is 0.394. The molecular weight excluding hydrogens is 367 g/mol. The summed E-state index contributed by atoms with van der Waals surface area (Å²) >= 11 is 11.8. The van der Waals surface area contributed by atoms with Gasteiger partial charge in [-0.05, 0) is 30.7 Å². The van der Waals surface area contributed by atoms with Crippen LogP contribution in [0.2, 0.25) is 10.0 Å². The summed E-state index contributed by atoms with van der Waals surface area (Å²) in [6.45, 7) is 0. The van der Waals surface area contributed by atoms with E-state index in [9.17, 15) is 9.59 Å². The molecule has 0 aliphatic heterocycles. The Kier molecular flexibility index (Phi) is 7.10. The van der Waals surface area contributed by atoms with E-state index in [1.807, 2.05) is 0 Å². The van der Waals surface area contributed by atoms with E-state index < -0.39 is 11.9 Å². The van der Waals surface area contributed by atoms with Crippen LogP contribution in [0.5, 0.6) is 17.2 Å². The Morgan fingerprint density at radius 2 is 1.40 bits per heavy atom. The van der Waals surface area contributed by atoms with Gasteiger partial charge in [-0.1, -0.05) is 41.4 Å². The molecule has 0 aliphatic carbocycles. The molecule has 0 heterocycles. The number of halogens is 2. The number of hydrogen-bond acceptors (Lipinski definition) is 5. The van der Waals surface area contributed by atoms with Gasteiger partial charge < -0.3 is 14.2 Å². The first-order valence-corrected chi connectivity index (χ1v) is 8.25. The summed E-state index contributed by atoms with van der Waals surface area (Å²) in [4.78, 5) is 23.7. The SMILES string of the molecule is COc1ccccc1OC(=O)CCCC(=O)Oc1cccc(Cl)c1Cl. The molecule has 0 N–H and O–H groups in total. The maximum atomic E-state index is 11.9. The third-order valence-electron chi connectivity index (χ3n) is 3.19. The zero-order valence-corrected chi connectivity index (χ0v) is 15.0. The van der Waals surface area contributed by atoms with Crippen molar-refractivity contribution in [3.8, 4) is 17.2 Å². The van der Waals surface area contributed by atoms with E-state index in [2.05, 4.69) is 0 Å². The Morgan fingerprint density at radius 3 is 2.04 bits per heavy atom. The van der Waals surface area contributed by atoms with E-state index in [0.717, 1.165) is 0 Å². The van der Waals surface area contributed by atoms with Crippen LogP contribution < -0.4 is 14.2 Å². The highest BCUT2D eigenvalue weighted by molar-refractivity contribution is 6.43. The fourth-order valence-electron chi connectivity index (χ4n) is 1.99. The van der Waals surface area contributed by atoms with E-state index in [1.54, 1.807) is 42.5 Å². The van der Waals surface area contributed by atoms with Crippen molar-refractivity contribution < 1.29 is 23.8 Å². The molecule has 0 saturated carbocycles. The molecule has 0 fully saturated rings. The first-order chi connectivity index (χ1) is 12.0. The Bertz CT molecular complexity index is 761. The van der Waals surface area contributed by atoms with Crippen LogP contribution in [0.3, 0.4) is 0 Å². The maximum Gasteiger partial charge on any atom is 0.311 e. The molecule has 0 spiro atoms. The smallest absolute Gasteiger partial charge is 0.311 e. The van der Waals surface area contributed by atoms with Crippen molar-refractivity contribution >= 4 is 35.1 Å². The molecule has 25 heavy (non-hydrogen) atoms. The highest BCUT2D eigenvalue weighted by Gasteiger charge is 2.13. The molecule has 0 amide bonds. The minimum Gasteiger partial charge on any atom is -0.493 e. The summed E-state index contributed by atoms with van der Waals surface area (Å²) in [5.74, 6) is 0.0252. The van der Waals surface area contributed by atoms with Crippen molar-refractivity contribution in [2.45, 2.75) is 19.3 Å². The van der Waals surface area contributed by atoms with Gasteiger partial charge in [0.2, 0.25) is 0 Å². The van der Waals surface area contributed by atoms with Crippen molar-refractivity contribution in [3.05, 3.63) is 52.5 Å². The van der Waals surface area contributed by atoms with E-state index in [-0.39, 0.29) is 30.0 Å². The van der Waals surface area contributed by atoms with Gasteiger partial charge in [0.05, 0.1) is 12.1 Å². The molecular formula is C18H16Cl2O5. The quantitative estimate of drug-likeness (QED) is 0.513. The second-order valence-corrected chi connectivity index (χ2v) is 5.79. The molecule has 5 nitrogen and oxygen atoms in total. The van der Waals surface area contributed by atoms with Gasteiger partial charge in [0.1, 0.15) is 5.02 Å². The number of carbonyl (C=O) groups is 2. The number of methoxy groups -OCH3 is 1. The largest absolute Gasteiger partial charge is 0.493 e. The van der Waals surface area contributed by atoms with Gasteiger partial charge in [0.15, 0.2) is 17.2 Å². The van der Waals surface area contributed by atoms with Crippen LogP contribution in [0.15, 0.2) is 42.5 Å². The Balaban J connectivity index is 1.79. The summed E-state index contributed by atoms with van der Waals surface area (Å²) in [5.41, 5.74) is 0. The Morgan fingerprint density at radius 1 is 0.840 bits per heavy atom. The standard InChI is InChI=1S/C18H16Cl2O5/c1-23-13-7-2-3-8-14(13)24-16(21)10-5-11-17(22)25-15-9-4-6-12(19)18(15)20/h2-4,6-9H,5,10-11H2,1H3. The molecule has 2 aromatic rings. The van der Waals surface area contributed by atoms with Gasteiger partial charge in [-0.3, -0.25) is 9.59 Å². The molecule has 132 valence electrons. The lowest BCUT2D eigenvalue weighted by Crippen LogP contribution is -2.12. The molecule has 0 atom stereocenters. The first kappa shape index (κ1) is 19.1. The second kappa shape index (κ2) is 9.30. The predicted molar refractivity (Wildman–Crippen MR) is 94.6 cm³/mol. The zero-order valence-electron chi connectivity index (χ0n) is 13.5. The minimum absolute atomic E-state index is 0.0455. The number of benzene rings is 2. The first-order valence-electron chi connectivity index (χ1n) is 7.49. The van der Waals surface area contributed by atoms with Crippen LogP contribution in [0, 0.1) is 0 Å². The molecule has 0 bridgehead atoms. The van der Waals surface area contributed by atoms with Crippen LogP contribution in [0.25, 0.3) is 0 Å². The number of ether oxygens (including phenoxy) is 3. The van der Waals surface area contributed by atoms with Gasteiger partial charge in [-0.2, -0.15) is 0 Å². The average molecular weight is 383 g/mol. The topological polar surface area (TPSA) is 61.8 Å². The highest BCUT2D eigenvalue weighted by atomic mass is 35.5. The molecule has 7 heteroatoms. The van der Waals surface area contributed by atoms with Crippen molar-refractivity contribution in [1.29, 1.82) is 0 Å². The number of hydrogen-bond donors (Lipinski definition) is 0. The molecule has 2 aromatic carbocycles. The van der Waals surface area contributed by atoms with Gasteiger partial charge in [-0.15, -0.1) is 0 Å². The third-order valence-corrected chi connectivity index (χ3v) is 4.00. The normalized spacial score (nSPS) is 10.2. The van der Waals surface area contributed by atoms with Crippen molar-refractivity contribution in [2.75, 3.05) is 7.11 Å². The van der Waals surface area contributed by atoms with E-state index >= 15 is 0 Å². The third kappa shape index (κ3) is 5.66. The number of rotatable bonds is 7. The zero-order chi connectivity index (χ0) is 18.2. The summed E-state index contributed by atoms with van der Waals surface area (Å²) in [6, 6.07) is 11.6. The van der Waals surface area contributed by atoms with Crippen molar-refractivity contribution in [2.24, 2.45) is 0 Å². The molecule has 0 radical (unpaired) electrons. The number of para-hydroxylation sites is 2. The summed E-state index contributed by atoms with van der Waals surface area (Å²) in [5, 5.41) is 0.473. The lowest BCUT2D eigenvalue weighted by Gasteiger charge is -2.09. The van der Waals surface area contributed by atoms with Gasteiger partial charge in [0, 0.05) is 12.8 Å². The number of esters is 2. The molecule has 0 unspecified atom stereocenters. The fourth-order valence-corrected chi connectivity index (χ4v) is 2.32. The monoisotopic (exact) mass is 382 g/mol. The van der Waals surface area contributed by atoms with E-state index in [1.165, 1.54) is 7.11 Å². The number of carbonyl (C=O) groups excluding carboxylic acids is 2. The molecule has 0 aliphatic rings. The minimum atomic E-state index is -0.505. The Hall–Kier alpha value is -2.24.